The molecule has 3 rings (SSSR count). The third-order valence-corrected chi connectivity index (χ3v) is 4.83. The number of aliphatic imine (C=N–C) groups is 1. The Morgan fingerprint density at radius 2 is 1.77 bits per heavy atom. The molecule has 170 valence electrons. The second-order valence-electron chi connectivity index (χ2n) is 6.87. The minimum Gasteiger partial charge on any atom is -0.497 e. The number of ether oxygens (including phenoxy) is 2. The summed E-state index contributed by atoms with van der Waals surface area (Å²) in [7, 11) is 1.65. The van der Waals surface area contributed by atoms with Gasteiger partial charge >= 0.3 is 0 Å². The molecule has 0 spiro atoms. The molecule has 1 saturated heterocycles. The molecule has 8 nitrogen and oxygen atoms in total. The van der Waals surface area contributed by atoms with Crippen LogP contribution in [-0.2, 0) is 0 Å². The smallest absolute Gasteiger partial charge is 0.289 e. The van der Waals surface area contributed by atoms with E-state index in [9.17, 15) is 4.79 Å². The normalized spacial score (nSPS) is 14.1. The minimum absolute atomic E-state index is 0. The summed E-state index contributed by atoms with van der Waals surface area (Å²) in [5.74, 6) is 2.85. The molecule has 1 aliphatic rings. The van der Waals surface area contributed by atoms with Gasteiger partial charge in [-0.25, -0.2) is 0 Å². The van der Waals surface area contributed by atoms with Crippen LogP contribution in [0, 0.1) is 0 Å². The number of halogens is 1. The molecule has 2 aromatic rings. The number of guanidine groups is 1. The van der Waals surface area contributed by atoms with Crippen LogP contribution in [0.4, 0.5) is 0 Å². The molecule has 0 bridgehead atoms. The largest absolute Gasteiger partial charge is 0.497 e. The van der Waals surface area contributed by atoms with Gasteiger partial charge < -0.3 is 29.0 Å². The average Bonchev–Trinajstić information content (AvgIpc) is 3.33. The van der Waals surface area contributed by atoms with Crippen LogP contribution in [0.15, 0.2) is 52.1 Å². The van der Waals surface area contributed by atoms with Crippen molar-refractivity contribution in [2.24, 2.45) is 4.99 Å². The topological polar surface area (TPSA) is 79.5 Å². The van der Waals surface area contributed by atoms with Gasteiger partial charge in [-0.3, -0.25) is 9.79 Å². The summed E-state index contributed by atoms with van der Waals surface area (Å²) in [6.45, 7) is 6.88. The molecule has 1 aromatic heterocycles. The monoisotopic (exact) mass is 542 g/mol. The van der Waals surface area contributed by atoms with E-state index in [0.29, 0.717) is 32.0 Å². The van der Waals surface area contributed by atoms with Gasteiger partial charge in [0, 0.05) is 45.7 Å². The SMILES string of the molecule is CCNC(=NCCCOc1ccc(OC)cc1)N1CCN(C(=O)c2ccco2)CC1.I. The molecule has 1 amide bonds. The lowest BCUT2D eigenvalue weighted by molar-refractivity contribution is 0.0657. The van der Waals surface area contributed by atoms with Gasteiger partial charge in [0.05, 0.1) is 20.0 Å². The molecular weight excluding hydrogens is 511 g/mol. The first kappa shape index (κ1) is 24.8. The van der Waals surface area contributed by atoms with Crippen molar-refractivity contribution in [3.63, 3.8) is 0 Å². The van der Waals surface area contributed by atoms with Crippen molar-refractivity contribution >= 4 is 35.8 Å². The number of carbonyl (C=O) groups excluding carboxylic acids is 1. The van der Waals surface area contributed by atoms with Crippen molar-refractivity contribution < 1.29 is 18.7 Å². The number of piperazine rings is 1. The van der Waals surface area contributed by atoms with Crippen LogP contribution in [0.25, 0.3) is 0 Å². The van der Waals surface area contributed by atoms with Gasteiger partial charge in [0.1, 0.15) is 11.5 Å². The third kappa shape index (κ3) is 7.34. The van der Waals surface area contributed by atoms with Crippen LogP contribution in [0.1, 0.15) is 23.9 Å². The molecule has 1 aromatic carbocycles. The molecule has 9 heteroatoms. The van der Waals surface area contributed by atoms with Crippen molar-refractivity contribution in [1.82, 2.24) is 15.1 Å². The predicted molar refractivity (Wildman–Crippen MR) is 131 cm³/mol. The lowest BCUT2D eigenvalue weighted by atomic mass is 10.3. The number of benzene rings is 1. The highest BCUT2D eigenvalue weighted by Gasteiger charge is 2.25. The van der Waals surface area contributed by atoms with E-state index < -0.39 is 0 Å². The number of rotatable bonds is 8. The maximum absolute atomic E-state index is 12.4. The van der Waals surface area contributed by atoms with Crippen LogP contribution in [0.5, 0.6) is 11.5 Å². The highest BCUT2D eigenvalue weighted by molar-refractivity contribution is 14.0. The summed E-state index contributed by atoms with van der Waals surface area (Å²) in [5, 5.41) is 3.34. The zero-order valence-corrected chi connectivity index (χ0v) is 20.4. The fraction of sp³-hybridized carbons (Fsp3) is 0.455. The Bertz CT molecular complexity index is 803. The summed E-state index contributed by atoms with van der Waals surface area (Å²) in [5.41, 5.74) is 0. The van der Waals surface area contributed by atoms with Gasteiger partial charge in [0.25, 0.3) is 5.91 Å². The highest BCUT2D eigenvalue weighted by Crippen LogP contribution is 2.17. The van der Waals surface area contributed by atoms with Crippen molar-refractivity contribution in [3.05, 3.63) is 48.4 Å². The number of hydrogen-bond donors (Lipinski definition) is 1. The molecule has 1 fully saturated rings. The Labute approximate surface area is 200 Å². The average molecular weight is 542 g/mol. The molecular formula is C22H31IN4O4. The standard InChI is InChI=1S/C22H30N4O4.HI/c1-3-23-22(24-11-5-17-29-19-9-7-18(28-2)8-10-19)26-14-12-25(13-15-26)21(27)20-6-4-16-30-20;/h4,6-10,16H,3,5,11-15,17H2,1-2H3,(H,23,24);1H. The summed E-state index contributed by atoms with van der Waals surface area (Å²) in [4.78, 5) is 21.1. The quantitative estimate of drug-likeness (QED) is 0.239. The summed E-state index contributed by atoms with van der Waals surface area (Å²) in [6.07, 6.45) is 2.34. The fourth-order valence-electron chi connectivity index (χ4n) is 3.21. The molecule has 0 atom stereocenters. The Morgan fingerprint density at radius 3 is 2.39 bits per heavy atom. The Kier molecular flexibility index (Phi) is 10.5. The van der Waals surface area contributed by atoms with Gasteiger partial charge in [0.15, 0.2) is 11.7 Å². The predicted octanol–water partition coefficient (Wildman–Crippen LogP) is 3.10. The number of methoxy groups -OCH3 is 1. The van der Waals surface area contributed by atoms with Crippen LogP contribution in [0.3, 0.4) is 0 Å². The first-order valence-electron chi connectivity index (χ1n) is 10.3. The van der Waals surface area contributed by atoms with E-state index in [1.807, 2.05) is 29.2 Å². The van der Waals surface area contributed by atoms with Crippen molar-refractivity contribution in [3.8, 4) is 11.5 Å². The number of carbonyl (C=O) groups is 1. The van der Waals surface area contributed by atoms with Gasteiger partial charge in [-0.1, -0.05) is 0 Å². The van der Waals surface area contributed by atoms with Crippen LogP contribution >= 0.6 is 24.0 Å². The summed E-state index contributed by atoms with van der Waals surface area (Å²) in [6, 6.07) is 11.0. The second-order valence-corrected chi connectivity index (χ2v) is 6.87. The Balaban J connectivity index is 0.00000341. The molecule has 2 heterocycles. The number of nitrogens with one attached hydrogen (secondary N) is 1. The molecule has 1 N–H and O–H groups in total. The van der Waals surface area contributed by atoms with Crippen molar-refractivity contribution in [2.75, 3.05) is 53.0 Å². The van der Waals surface area contributed by atoms with Crippen LogP contribution in [-0.4, -0.2) is 74.7 Å². The highest BCUT2D eigenvalue weighted by atomic mass is 127. The molecule has 31 heavy (non-hydrogen) atoms. The van der Waals surface area contributed by atoms with Gasteiger partial charge in [-0.05, 0) is 43.3 Å². The summed E-state index contributed by atoms with van der Waals surface area (Å²) < 4.78 is 16.1. The van der Waals surface area contributed by atoms with Crippen LogP contribution in [0.2, 0.25) is 0 Å². The van der Waals surface area contributed by atoms with Crippen molar-refractivity contribution in [2.45, 2.75) is 13.3 Å². The molecule has 0 aliphatic carbocycles. The van der Waals surface area contributed by atoms with Crippen LogP contribution < -0.4 is 14.8 Å². The summed E-state index contributed by atoms with van der Waals surface area (Å²) >= 11 is 0. The zero-order chi connectivity index (χ0) is 21.2. The van der Waals surface area contributed by atoms with E-state index in [4.69, 9.17) is 18.9 Å². The van der Waals surface area contributed by atoms with Gasteiger partial charge in [-0.15, -0.1) is 24.0 Å². The number of hydrogen-bond acceptors (Lipinski definition) is 5. The molecule has 0 saturated carbocycles. The minimum atomic E-state index is -0.0581. The lowest BCUT2D eigenvalue weighted by Crippen LogP contribution is -2.53. The molecule has 0 unspecified atom stereocenters. The second kappa shape index (κ2) is 13.1. The van der Waals surface area contributed by atoms with E-state index in [-0.39, 0.29) is 29.9 Å². The third-order valence-electron chi connectivity index (χ3n) is 4.83. The van der Waals surface area contributed by atoms with E-state index in [1.54, 1.807) is 19.2 Å². The van der Waals surface area contributed by atoms with E-state index in [2.05, 4.69) is 17.1 Å². The first-order valence-corrected chi connectivity index (χ1v) is 10.3. The first-order chi connectivity index (χ1) is 14.7. The zero-order valence-electron chi connectivity index (χ0n) is 18.1. The molecule has 0 radical (unpaired) electrons. The van der Waals surface area contributed by atoms with Gasteiger partial charge in [0.2, 0.25) is 0 Å². The number of furan rings is 1. The van der Waals surface area contributed by atoms with Gasteiger partial charge in [-0.2, -0.15) is 0 Å². The number of nitrogens with zero attached hydrogens (tertiary/aromatic N) is 3. The van der Waals surface area contributed by atoms with E-state index in [0.717, 1.165) is 43.5 Å². The fourth-order valence-corrected chi connectivity index (χ4v) is 3.21. The van der Waals surface area contributed by atoms with E-state index >= 15 is 0 Å². The van der Waals surface area contributed by atoms with E-state index in [1.165, 1.54) is 6.26 Å². The van der Waals surface area contributed by atoms with Crippen molar-refractivity contribution in [1.29, 1.82) is 0 Å². The lowest BCUT2D eigenvalue weighted by Gasteiger charge is -2.36. The maximum atomic E-state index is 12.4. The Hall–Kier alpha value is -2.43. The Morgan fingerprint density at radius 1 is 1.10 bits per heavy atom. The molecule has 1 aliphatic heterocycles. The number of amides is 1. The maximum Gasteiger partial charge on any atom is 0.289 e.